The smallest absolute Gasteiger partial charge is 0.416 e. The van der Waals surface area contributed by atoms with E-state index < -0.39 is 17.7 Å². The predicted octanol–water partition coefficient (Wildman–Crippen LogP) is 3.21. The maximum atomic E-state index is 13.2. The number of rotatable bonds is 4. The first-order chi connectivity index (χ1) is 11.9. The SMILES string of the molecule is O=C(Oc1cc(CN2CCNCC2)cc(C(F)(F)F)c1)C1CCCC1. The van der Waals surface area contributed by atoms with Crippen LogP contribution in [-0.2, 0) is 17.5 Å². The summed E-state index contributed by atoms with van der Waals surface area (Å²) in [6.45, 7) is 3.63. The molecular weight excluding hydrogens is 333 g/mol. The second kappa shape index (κ2) is 7.74. The first-order valence-corrected chi connectivity index (χ1v) is 8.78. The van der Waals surface area contributed by atoms with Gasteiger partial charge in [-0.3, -0.25) is 9.69 Å². The quantitative estimate of drug-likeness (QED) is 0.664. The zero-order chi connectivity index (χ0) is 17.9. The molecular formula is C18H23F3N2O2. The molecule has 0 bridgehead atoms. The molecule has 2 fully saturated rings. The molecule has 1 saturated carbocycles. The molecule has 0 spiro atoms. The van der Waals surface area contributed by atoms with Crippen molar-refractivity contribution in [1.82, 2.24) is 10.2 Å². The third-order valence-corrected chi connectivity index (χ3v) is 4.82. The van der Waals surface area contributed by atoms with Gasteiger partial charge < -0.3 is 10.1 Å². The van der Waals surface area contributed by atoms with Gasteiger partial charge in [-0.15, -0.1) is 0 Å². The van der Waals surface area contributed by atoms with Crippen molar-refractivity contribution in [2.75, 3.05) is 26.2 Å². The third-order valence-electron chi connectivity index (χ3n) is 4.82. The van der Waals surface area contributed by atoms with Crippen molar-refractivity contribution in [3.8, 4) is 5.75 Å². The van der Waals surface area contributed by atoms with Crippen LogP contribution in [-0.4, -0.2) is 37.0 Å². The number of benzene rings is 1. The highest BCUT2D eigenvalue weighted by Crippen LogP contribution is 2.34. The zero-order valence-electron chi connectivity index (χ0n) is 14.1. The lowest BCUT2D eigenvalue weighted by atomic mass is 10.1. The van der Waals surface area contributed by atoms with Crippen LogP contribution < -0.4 is 10.1 Å². The van der Waals surface area contributed by atoms with Crippen molar-refractivity contribution < 1.29 is 22.7 Å². The maximum absolute atomic E-state index is 13.2. The maximum Gasteiger partial charge on any atom is 0.416 e. The molecule has 0 aromatic heterocycles. The van der Waals surface area contributed by atoms with Gasteiger partial charge in [-0.05, 0) is 36.6 Å². The van der Waals surface area contributed by atoms with Crippen LogP contribution in [0.3, 0.4) is 0 Å². The second-order valence-electron chi connectivity index (χ2n) is 6.79. The summed E-state index contributed by atoms with van der Waals surface area (Å²) < 4.78 is 44.9. The summed E-state index contributed by atoms with van der Waals surface area (Å²) in [5, 5.41) is 3.21. The average molecular weight is 356 g/mol. The van der Waals surface area contributed by atoms with E-state index in [-0.39, 0.29) is 11.7 Å². The van der Waals surface area contributed by atoms with Crippen LogP contribution in [0.2, 0.25) is 0 Å². The number of alkyl halides is 3. The summed E-state index contributed by atoms with van der Waals surface area (Å²) in [6, 6.07) is 3.63. The fourth-order valence-corrected chi connectivity index (χ4v) is 3.46. The Morgan fingerprint density at radius 1 is 1.16 bits per heavy atom. The zero-order valence-corrected chi connectivity index (χ0v) is 14.1. The predicted molar refractivity (Wildman–Crippen MR) is 87.2 cm³/mol. The molecule has 7 heteroatoms. The van der Waals surface area contributed by atoms with E-state index in [0.29, 0.717) is 12.1 Å². The molecule has 1 saturated heterocycles. The first kappa shape index (κ1) is 18.2. The van der Waals surface area contributed by atoms with Crippen molar-refractivity contribution in [1.29, 1.82) is 0 Å². The molecule has 1 aromatic carbocycles. The molecule has 0 atom stereocenters. The van der Waals surface area contributed by atoms with Crippen LogP contribution in [0.15, 0.2) is 18.2 Å². The van der Waals surface area contributed by atoms with E-state index in [9.17, 15) is 18.0 Å². The number of carbonyl (C=O) groups excluding carboxylic acids is 1. The fraction of sp³-hybridized carbons (Fsp3) is 0.611. The normalized spacial score (nSPS) is 20.0. The van der Waals surface area contributed by atoms with Gasteiger partial charge in [0.25, 0.3) is 0 Å². The molecule has 25 heavy (non-hydrogen) atoms. The minimum atomic E-state index is -4.46. The highest BCUT2D eigenvalue weighted by molar-refractivity contribution is 5.75. The van der Waals surface area contributed by atoms with Crippen molar-refractivity contribution in [3.05, 3.63) is 29.3 Å². The Labute approximate surface area is 145 Å². The van der Waals surface area contributed by atoms with Crippen LogP contribution in [0.1, 0.15) is 36.8 Å². The standard InChI is InChI=1S/C18H23F3N2O2/c19-18(20,21)15-9-13(12-23-7-5-22-6-8-23)10-16(11-15)25-17(24)14-3-1-2-4-14/h9-11,14,22H,1-8,12H2. The Hall–Kier alpha value is -1.60. The van der Waals surface area contributed by atoms with Gasteiger partial charge in [-0.25, -0.2) is 0 Å². The van der Waals surface area contributed by atoms with Crippen molar-refractivity contribution in [3.63, 3.8) is 0 Å². The Balaban J connectivity index is 1.78. The molecule has 1 aromatic rings. The molecule has 1 aliphatic carbocycles. The van der Waals surface area contributed by atoms with Crippen LogP contribution in [0.4, 0.5) is 13.2 Å². The van der Waals surface area contributed by atoms with E-state index in [0.717, 1.165) is 64.0 Å². The first-order valence-electron chi connectivity index (χ1n) is 8.78. The number of nitrogens with one attached hydrogen (secondary N) is 1. The average Bonchev–Trinajstić information content (AvgIpc) is 3.09. The summed E-state index contributed by atoms with van der Waals surface area (Å²) in [4.78, 5) is 14.2. The molecule has 1 N–H and O–H groups in total. The van der Waals surface area contributed by atoms with E-state index in [4.69, 9.17) is 4.74 Å². The fourth-order valence-electron chi connectivity index (χ4n) is 3.46. The van der Waals surface area contributed by atoms with E-state index >= 15 is 0 Å². The highest BCUT2D eigenvalue weighted by Gasteiger charge is 2.32. The molecule has 0 unspecified atom stereocenters. The van der Waals surface area contributed by atoms with E-state index in [1.54, 1.807) is 6.07 Å². The summed E-state index contributed by atoms with van der Waals surface area (Å²) in [5.74, 6) is -0.604. The number of nitrogens with zero attached hydrogens (tertiary/aromatic N) is 1. The van der Waals surface area contributed by atoms with Gasteiger partial charge in [0.05, 0.1) is 11.5 Å². The van der Waals surface area contributed by atoms with E-state index in [2.05, 4.69) is 10.2 Å². The van der Waals surface area contributed by atoms with Gasteiger partial charge in [-0.2, -0.15) is 13.2 Å². The van der Waals surface area contributed by atoms with Gasteiger partial charge >= 0.3 is 12.1 Å². The van der Waals surface area contributed by atoms with E-state index in [1.807, 2.05) is 0 Å². The Morgan fingerprint density at radius 2 is 1.84 bits per heavy atom. The third kappa shape index (κ3) is 4.95. The van der Waals surface area contributed by atoms with Gasteiger partial charge in [0.1, 0.15) is 5.75 Å². The minimum Gasteiger partial charge on any atom is -0.426 e. The van der Waals surface area contributed by atoms with Gasteiger partial charge in [0.2, 0.25) is 0 Å². The number of halogens is 3. The number of piperazine rings is 1. The Kier molecular flexibility index (Phi) is 5.64. The lowest BCUT2D eigenvalue weighted by Crippen LogP contribution is -2.42. The summed E-state index contributed by atoms with van der Waals surface area (Å²) in [5.41, 5.74) is -0.250. The van der Waals surface area contributed by atoms with Crippen LogP contribution in [0, 0.1) is 5.92 Å². The molecule has 1 aliphatic heterocycles. The number of carbonyl (C=O) groups is 1. The molecule has 0 radical (unpaired) electrons. The van der Waals surface area contributed by atoms with Gasteiger partial charge in [0.15, 0.2) is 0 Å². The number of hydrogen-bond donors (Lipinski definition) is 1. The van der Waals surface area contributed by atoms with Gasteiger partial charge in [0, 0.05) is 32.7 Å². The van der Waals surface area contributed by atoms with Crippen LogP contribution in [0.5, 0.6) is 5.75 Å². The number of ether oxygens (including phenoxy) is 1. The van der Waals surface area contributed by atoms with Gasteiger partial charge in [-0.1, -0.05) is 12.8 Å². The molecule has 2 aliphatic rings. The van der Waals surface area contributed by atoms with Crippen LogP contribution in [0.25, 0.3) is 0 Å². The molecule has 0 amide bonds. The monoisotopic (exact) mass is 356 g/mol. The minimum absolute atomic E-state index is 0.00291. The number of esters is 1. The highest BCUT2D eigenvalue weighted by atomic mass is 19.4. The molecule has 138 valence electrons. The van der Waals surface area contributed by atoms with E-state index in [1.165, 1.54) is 0 Å². The number of hydrogen-bond acceptors (Lipinski definition) is 4. The Bertz CT molecular complexity index is 607. The van der Waals surface area contributed by atoms with Crippen molar-refractivity contribution >= 4 is 5.97 Å². The lowest BCUT2D eigenvalue weighted by molar-refractivity contribution is -0.140. The summed E-state index contributed by atoms with van der Waals surface area (Å²) >= 11 is 0. The summed E-state index contributed by atoms with van der Waals surface area (Å²) in [6.07, 6.45) is -1.02. The summed E-state index contributed by atoms with van der Waals surface area (Å²) in [7, 11) is 0. The molecule has 3 rings (SSSR count). The Morgan fingerprint density at radius 3 is 2.48 bits per heavy atom. The van der Waals surface area contributed by atoms with Crippen molar-refractivity contribution in [2.24, 2.45) is 5.92 Å². The van der Waals surface area contributed by atoms with Crippen molar-refractivity contribution in [2.45, 2.75) is 38.4 Å². The largest absolute Gasteiger partial charge is 0.426 e. The lowest BCUT2D eigenvalue weighted by Gasteiger charge is -2.27. The molecule has 4 nitrogen and oxygen atoms in total. The topological polar surface area (TPSA) is 41.6 Å². The molecule has 1 heterocycles. The second-order valence-corrected chi connectivity index (χ2v) is 6.79. The van der Waals surface area contributed by atoms with Crippen LogP contribution >= 0.6 is 0 Å².